The molecule has 0 radical (unpaired) electrons. The molecule has 0 aliphatic carbocycles. The highest BCUT2D eigenvalue weighted by Gasteiger charge is 2.19. The maximum Gasteiger partial charge on any atom is 0.276 e. The van der Waals surface area contributed by atoms with Crippen LogP contribution in [0.15, 0.2) is 96.4 Å². The van der Waals surface area contributed by atoms with Gasteiger partial charge >= 0.3 is 0 Å². The molecule has 33 heavy (non-hydrogen) atoms. The zero-order valence-electron chi connectivity index (χ0n) is 17.5. The van der Waals surface area contributed by atoms with Crippen molar-refractivity contribution in [1.82, 2.24) is 10.9 Å². The summed E-state index contributed by atoms with van der Waals surface area (Å²) in [5.74, 6) is -0.818. The van der Waals surface area contributed by atoms with Gasteiger partial charge in [-0.25, -0.2) is 0 Å². The minimum atomic E-state index is -0.589. The van der Waals surface area contributed by atoms with E-state index in [0.29, 0.717) is 10.6 Å². The molecule has 6 nitrogen and oxygen atoms in total. The van der Waals surface area contributed by atoms with Crippen molar-refractivity contribution in [3.05, 3.63) is 112 Å². The van der Waals surface area contributed by atoms with Crippen molar-refractivity contribution < 1.29 is 19.1 Å². The molecular weight excluding hydrogens is 436 g/mol. The van der Waals surface area contributed by atoms with Crippen LogP contribution < -0.4 is 15.6 Å². The van der Waals surface area contributed by atoms with Gasteiger partial charge in [-0.05, 0) is 29.1 Å². The molecule has 0 bridgehead atoms. The van der Waals surface area contributed by atoms with Crippen LogP contribution in [0.1, 0.15) is 25.6 Å². The number of carbonyl (C=O) groups excluding carboxylic acids is 3. The number of nitrogens with one attached hydrogen (secondary N) is 2. The van der Waals surface area contributed by atoms with Crippen molar-refractivity contribution in [1.29, 1.82) is 0 Å². The molecule has 0 spiro atoms. The number of carbonyl (C=O) groups is 3. The van der Waals surface area contributed by atoms with Gasteiger partial charge in [-0.3, -0.25) is 25.2 Å². The van der Waals surface area contributed by atoms with Gasteiger partial charge < -0.3 is 4.74 Å². The fourth-order valence-electron chi connectivity index (χ4n) is 3.24. The van der Waals surface area contributed by atoms with E-state index in [4.69, 9.17) is 4.74 Å². The fourth-order valence-corrected chi connectivity index (χ4v) is 3.92. The number of benzene rings is 3. The van der Waals surface area contributed by atoms with Crippen molar-refractivity contribution in [3.63, 3.8) is 0 Å². The minimum Gasteiger partial charge on any atom is -0.483 e. The molecule has 4 rings (SSSR count). The standard InChI is InChI=1S/C26H20N2O4S/c29-24(17-32-22-14-7-6-11-19(22)18-9-2-1-3-10-18)27-28-26(31)21-13-5-4-12-20(21)25(30)23-15-8-16-33-23/h1-16H,17H2,(H,27,29)(H,28,31). The largest absolute Gasteiger partial charge is 0.483 e. The second-order valence-electron chi connectivity index (χ2n) is 7.01. The van der Waals surface area contributed by atoms with Gasteiger partial charge in [0.15, 0.2) is 6.61 Å². The van der Waals surface area contributed by atoms with Crippen LogP contribution in [0.25, 0.3) is 11.1 Å². The van der Waals surface area contributed by atoms with Gasteiger partial charge in [-0.15, -0.1) is 11.3 Å². The molecule has 0 saturated carbocycles. The van der Waals surface area contributed by atoms with Gasteiger partial charge in [0.05, 0.1) is 10.4 Å². The number of rotatable bonds is 7. The Morgan fingerprint density at radius 3 is 2.18 bits per heavy atom. The number of hydrogen-bond acceptors (Lipinski definition) is 5. The van der Waals surface area contributed by atoms with Gasteiger partial charge in [-0.2, -0.15) is 0 Å². The van der Waals surface area contributed by atoms with Crippen LogP contribution in [0.3, 0.4) is 0 Å². The molecule has 0 aliphatic heterocycles. The topological polar surface area (TPSA) is 84.5 Å². The van der Waals surface area contributed by atoms with Crippen LogP contribution in [0.2, 0.25) is 0 Å². The summed E-state index contributed by atoms with van der Waals surface area (Å²) >= 11 is 1.30. The number of hydrazine groups is 1. The Kier molecular flexibility index (Phi) is 6.92. The Balaban J connectivity index is 1.37. The van der Waals surface area contributed by atoms with E-state index < -0.39 is 11.8 Å². The van der Waals surface area contributed by atoms with Crippen LogP contribution >= 0.6 is 11.3 Å². The van der Waals surface area contributed by atoms with E-state index in [9.17, 15) is 14.4 Å². The molecule has 1 aromatic heterocycles. The molecule has 0 aliphatic rings. The Hall–Kier alpha value is -4.23. The van der Waals surface area contributed by atoms with Gasteiger partial charge in [0.25, 0.3) is 11.8 Å². The quantitative estimate of drug-likeness (QED) is 0.317. The first-order valence-electron chi connectivity index (χ1n) is 10.2. The number of thiophene rings is 1. The summed E-state index contributed by atoms with van der Waals surface area (Å²) in [6.07, 6.45) is 0. The summed E-state index contributed by atoms with van der Waals surface area (Å²) in [6.45, 7) is -0.292. The number of ether oxygens (including phenoxy) is 1. The smallest absolute Gasteiger partial charge is 0.276 e. The normalized spacial score (nSPS) is 10.3. The van der Waals surface area contributed by atoms with E-state index in [1.54, 1.807) is 41.8 Å². The lowest BCUT2D eigenvalue weighted by molar-refractivity contribution is -0.123. The van der Waals surface area contributed by atoms with Gasteiger partial charge in [0.1, 0.15) is 5.75 Å². The lowest BCUT2D eigenvalue weighted by atomic mass is 10.0. The lowest BCUT2D eigenvalue weighted by Crippen LogP contribution is -2.44. The zero-order chi connectivity index (χ0) is 23.0. The lowest BCUT2D eigenvalue weighted by Gasteiger charge is -2.13. The summed E-state index contributed by atoms with van der Waals surface area (Å²) in [5, 5.41) is 1.80. The van der Waals surface area contributed by atoms with E-state index in [1.807, 2.05) is 48.5 Å². The Bertz CT molecular complexity index is 1270. The monoisotopic (exact) mass is 456 g/mol. The molecule has 0 fully saturated rings. The number of para-hydroxylation sites is 1. The van der Waals surface area contributed by atoms with Gasteiger partial charge in [0.2, 0.25) is 5.78 Å². The molecule has 2 amide bonds. The second kappa shape index (κ2) is 10.4. The third-order valence-corrected chi connectivity index (χ3v) is 5.68. The predicted molar refractivity (Wildman–Crippen MR) is 127 cm³/mol. The Morgan fingerprint density at radius 1 is 0.727 bits per heavy atom. The summed E-state index contributed by atoms with van der Waals surface area (Å²) in [4.78, 5) is 38.2. The predicted octanol–water partition coefficient (Wildman–Crippen LogP) is 4.49. The van der Waals surface area contributed by atoms with Crippen molar-refractivity contribution in [2.45, 2.75) is 0 Å². The number of hydrogen-bond donors (Lipinski definition) is 2. The Morgan fingerprint density at radius 2 is 1.42 bits per heavy atom. The minimum absolute atomic E-state index is 0.173. The molecule has 1 heterocycles. The first-order valence-corrected chi connectivity index (χ1v) is 11.0. The highest BCUT2D eigenvalue weighted by Crippen LogP contribution is 2.29. The van der Waals surface area contributed by atoms with E-state index in [2.05, 4.69) is 10.9 Å². The summed E-state index contributed by atoms with van der Waals surface area (Å²) in [7, 11) is 0. The molecular formula is C26H20N2O4S. The molecule has 4 aromatic rings. The Labute approximate surface area is 194 Å². The molecule has 3 aromatic carbocycles. The SMILES string of the molecule is O=C(COc1ccccc1-c1ccccc1)NNC(=O)c1ccccc1C(=O)c1cccs1. The van der Waals surface area contributed by atoms with Crippen molar-refractivity contribution in [3.8, 4) is 16.9 Å². The zero-order valence-corrected chi connectivity index (χ0v) is 18.3. The first kappa shape index (κ1) is 22.0. The number of ketones is 1. The van der Waals surface area contributed by atoms with Gasteiger partial charge in [0, 0.05) is 11.1 Å². The fraction of sp³-hybridized carbons (Fsp3) is 0.0385. The van der Waals surface area contributed by atoms with E-state index in [1.165, 1.54) is 17.4 Å². The first-order chi connectivity index (χ1) is 16.1. The average Bonchev–Trinajstić information content (AvgIpc) is 3.41. The summed E-state index contributed by atoms with van der Waals surface area (Å²) in [6, 6.07) is 27.0. The highest BCUT2D eigenvalue weighted by atomic mass is 32.1. The highest BCUT2D eigenvalue weighted by molar-refractivity contribution is 7.12. The third kappa shape index (κ3) is 5.34. The molecule has 0 saturated heterocycles. The van der Waals surface area contributed by atoms with Crippen LogP contribution in [0.4, 0.5) is 0 Å². The van der Waals surface area contributed by atoms with Gasteiger partial charge in [-0.1, -0.05) is 72.8 Å². The van der Waals surface area contributed by atoms with Crippen LogP contribution in [-0.4, -0.2) is 24.2 Å². The average molecular weight is 457 g/mol. The van der Waals surface area contributed by atoms with Crippen molar-refractivity contribution in [2.24, 2.45) is 0 Å². The summed E-state index contributed by atoms with van der Waals surface area (Å²) < 4.78 is 5.69. The van der Waals surface area contributed by atoms with Crippen LogP contribution in [0.5, 0.6) is 5.75 Å². The van der Waals surface area contributed by atoms with Crippen molar-refractivity contribution in [2.75, 3.05) is 6.61 Å². The van der Waals surface area contributed by atoms with E-state index in [-0.39, 0.29) is 23.5 Å². The maximum absolute atomic E-state index is 12.7. The third-order valence-electron chi connectivity index (χ3n) is 4.81. The molecule has 7 heteroatoms. The molecule has 0 unspecified atom stereocenters. The van der Waals surface area contributed by atoms with Crippen molar-refractivity contribution >= 4 is 28.9 Å². The summed E-state index contributed by atoms with van der Waals surface area (Å²) in [5.41, 5.74) is 6.95. The molecule has 2 N–H and O–H groups in total. The van der Waals surface area contributed by atoms with E-state index >= 15 is 0 Å². The van der Waals surface area contributed by atoms with Crippen LogP contribution in [-0.2, 0) is 4.79 Å². The maximum atomic E-state index is 12.7. The number of amides is 2. The second-order valence-corrected chi connectivity index (χ2v) is 7.95. The molecule has 0 atom stereocenters. The van der Waals surface area contributed by atoms with Crippen LogP contribution in [0, 0.1) is 0 Å². The van der Waals surface area contributed by atoms with E-state index in [0.717, 1.165) is 11.1 Å². The molecule has 164 valence electrons.